The molecule has 0 aliphatic carbocycles. The molecule has 5 nitrogen and oxygen atoms in total. The molecule has 143 valence electrons. The van der Waals surface area contributed by atoms with Crippen LogP contribution in [0.3, 0.4) is 0 Å². The summed E-state index contributed by atoms with van der Waals surface area (Å²) in [4.78, 5) is 11.1. The van der Waals surface area contributed by atoms with E-state index in [4.69, 9.17) is 0 Å². The maximum Gasteiger partial charge on any atom is 0.382 e. The van der Waals surface area contributed by atoms with Gasteiger partial charge >= 0.3 is 16.3 Å². The van der Waals surface area contributed by atoms with Crippen LogP contribution in [0.25, 0.3) is 0 Å². The first kappa shape index (κ1) is 27.3. The van der Waals surface area contributed by atoms with E-state index < -0.39 is 16.3 Å². The topological polar surface area (TPSA) is 86.5 Å². The minimum atomic E-state index is -4.15. The fraction of sp³-hybridized carbons (Fsp3) is 0.833. The molecule has 0 unspecified atom stereocenters. The van der Waals surface area contributed by atoms with Gasteiger partial charge in [0.2, 0.25) is 0 Å². The number of hydrogen-bond acceptors (Lipinski definition) is 4. The normalized spacial score (nSPS) is 11.4. The molecule has 0 atom stereocenters. The van der Waals surface area contributed by atoms with Crippen molar-refractivity contribution in [3.63, 3.8) is 0 Å². The van der Waals surface area contributed by atoms with Crippen molar-refractivity contribution >= 4 is 45.8 Å². The maximum absolute atomic E-state index is 11.1. The number of rotatable bonds is 16. The van der Waals surface area contributed by atoms with Crippen LogP contribution in [0.1, 0.15) is 96.8 Å². The fourth-order valence-electron chi connectivity index (χ4n) is 2.51. The predicted octanol–water partition coefficient (Wildman–Crippen LogP) is 4.39. The first-order valence-electron chi connectivity index (χ1n) is 9.35. The van der Waals surface area contributed by atoms with E-state index in [2.05, 4.69) is 28.4 Å². The summed E-state index contributed by atoms with van der Waals surface area (Å²) >= 11 is 0. The Kier molecular flexibility index (Phi) is 20.7. The van der Waals surface area contributed by atoms with Gasteiger partial charge < -0.3 is 4.18 Å². The van der Waals surface area contributed by atoms with Crippen molar-refractivity contribution in [2.45, 2.75) is 96.8 Å². The van der Waals surface area contributed by atoms with Crippen LogP contribution < -0.4 is 5.14 Å². The number of nitrogens with two attached hydrogens (primary N) is 1. The van der Waals surface area contributed by atoms with Crippen LogP contribution in [-0.2, 0) is 19.3 Å². The number of carbonyl (C=O) groups is 1. The van der Waals surface area contributed by atoms with Crippen molar-refractivity contribution < 1.29 is 17.4 Å². The molecule has 0 bridgehead atoms. The first-order chi connectivity index (χ1) is 11.5. The Morgan fingerprint density at radius 2 is 1.28 bits per heavy atom. The summed E-state index contributed by atoms with van der Waals surface area (Å²) in [7, 11) is -4.15. The SMILES string of the molecule is CCCCCCCC/C=C\CCCCCCCC(=O)OS(N)(=O)=O.[Na]. The zero-order valence-electron chi connectivity index (χ0n) is 16.2. The monoisotopic (exact) mass is 384 g/mol. The van der Waals surface area contributed by atoms with Crippen LogP contribution in [-0.4, -0.2) is 43.9 Å². The van der Waals surface area contributed by atoms with Gasteiger partial charge in [0.25, 0.3) is 0 Å². The van der Waals surface area contributed by atoms with Crippen LogP contribution in [0.4, 0.5) is 0 Å². The zero-order chi connectivity index (χ0) is 18.1. The van der Waals surface area contributed by atoms with Gasteiger partial charge in [0.05, 0.1) is 0 Å². The Morgan fingerprint density at radius 3 is 1.76 bits per heavy atom. The summed E-state index contributed by atoms with van der Waals surface area (Å²) in [5.41, 5.74) is 0. The smallest absolute Gasteiger partial charge is 0.334 e. The molecule has 0 aromatic carbocycles. The van der Waals surface area contributed by atoms with Gasteiger partial charge in [-0.3, -0.25) is 4.79 Å². The van der Waals surface area contributed by atoms with Crippen LogP contribution in [0.2, 0.25) is 0 Å². The number of hydrogen-bond donors (Lipinski definition) is 1. The Bertz CT molecular complexity index is 438. The van der Waals surface area contributed by atoms with Gasteiger partial charge in [0, 0.05) is 36.0 Å². The predicted molar refractivity (Wildman–Crippen MR) is 104 cm³/mol. The Hall–Kier alpha value is 0.120. The standard InChI is InChI=1S/C18H35NO4S.Na/c1-2-3-4-5-6-7-8-9-10-11-12-13-14-15-16-17-18(20)23-24(19,21)22;/h9-10H,2-8,11-17H2,1H3,(H2,19,21,22);/b10-9-;. The average Bonchev–Trinajstić information content (AvgIpc) is 2.49. The Balaban J connectivity index is 0. The van der Waals surface area contributed by atoms with Crippen molar-refractivity contribution in [1.82, 2.24) is 0 Å². The molecule has 0 aliphatic heterocycles. The molecular weight excluding hydrogens is 349 g/mol. The first-order valence-corrected chi connectivity index (χ1v) is 10.8. The molecule has 0 aromatic rings. The molecule has 2 N–H and O–H groups in total. The molecule has 25 heavy (non-hydrogen) atoms. The quantitative estimate of drug-likeness (QED) is 0.243. The molecule has 0 saturated heterocycles. The third-order valence-electron chi connectivity index (χ3n) is 3.85. The third kappa shape index (κ3) is 24.1. The molecule has 0 amide bonds. The minimum absolute atomic E-state index is 0. The van der Waals surface area contributed by atoms with Gasteiger partial charge in [-0.1, -0.05) is 70.4 Å². The number of allylic oxidation sites excluding steroid dienone is 2. The van der Waals surface area contributed by atoms with E-state index in [1.165, 1.54) is 44.9 Å². The van der Waals surface area contributed by atoms with E-state index >= 15 is 0 Å². The van der Waals surface area contributed by atoms with Crippen molar-refractivity contribution in [2.24, 2.45) is 5.14 Å². The van der Waals surface area contributed by atoms with Crippen molar-refractivity contribution in [1.29, 1.82) is 0 Å². The van der Waals surface area contributed by atoms with Gasteiger partial charge in [-0.15, -0.1) is 0 Å². The summed E-state index contributed by atoms with van der Waals surface area (Å²) < 4.78 is 25.1. The van der Waals surface area contributed by atoms with Crippen LogP contribution >= 0.6 is 0 Å². The molecule has 7 heteroatoms. The number of carbonyl (C=O) groups excluding carboxylic acids is 1. The van der Waals surface area contributed by atoms with Gasteiger partial charge in [-0.2, -0.15) is 13.6 Å². The van der Waals surface area contributed by atoms with E-state index in [9.17, 15) is 13.2 Å². The molecule has 0 heterocycles. The van der Waals surface area contributed by atoms with Crippen LogP contribution in [0.15, 0.2) is 12.2 Å². The summed E-state index contributed by atoms with van der Waals surface area (Å²) in [6, 6.07) is 0. The summed E-state index contributed by atoms with van der Waals surface area (Å²) in [5, 5.41) is 4.62. The summed E-state index contributed by atoms with van der Waals surface area (Å²) in [5.74, 6) is -0.768. The zero-order valence-corrected chi connectivity index (χ0v) is 19.0. The third-order valence-corrected chi connectivity index (χ3v) is 4.27. The van der Waals surface area contributed by atoms with E-state index in [0.29, 0.717) is 6.42 Å². The van der Waals surface area contributed by atoms with E-state index in [1.807, 2.05) is 0 Å². The van der Waals surface area contributed by atoms with E-state index in [1.54, 1.807) is 0 Å². The summed E-state index contributed by atoms with van der Waals surface area (Å²) in [6.07, 6.45) is 19.9. The maximum atomic E-state index is 11.1. The number of unbranched alkanes of at least 4 members (excludes halogenated alkanes) is 11. The van der Waals surface area contributed by atoms with Crippen molar-refractivity contribution in [3.8, 4) is 0 Å². The Morgan fingerprint density at radius 1 is 0.840 bits per heavy atom. The fourth-order valence-corrected chi connectivity index (χ4v) is 2.85. The molecule has 0 fully saturated rings. The molecule has 0 saturated carbocycles. The van der Waals surface area contributed by atoms with Gasteiger partial charge in [-0.05, 0) is 32.1 Å². The van der Waals surface area contributed by atoms with Crippen molar-refractivity contribution in [2.75, 3.05) is 0 Å². The molecule has 0 aliphatic rings. The Labute approximate surface area is 176 Å². The van der Waals surface area contributed by atoms with Gasteiger partial charge in [0.15, 0.2) is 0 Å². The van der Waals surface area contributed by atoms with E-state index in [0.717, 1.165) is 32.1 Å². The molecule has 1 radical (unpaired) electrons. The second kappa shape index (κ2) is 18.9. The average molecular weight is 385 g/mol. The van der Waals surface area contributed by atoms with Crippen LogP contribution in [0, 0.1) is 0 Å². The molecule has 0 rings (SSSR count). The van der Waals surface area contributed by atoms with Crippen molar-refractivity contribution in [3.05, 3.63) is 12.2 Å². The van der Waals surface area contributed by atoms with Gasteiger partial charge in [0.1, 0.15) is 0 Å². The second-order valence-electron chi connectivity index (χ2n) is 6.28. The molecule has 0 aromatic heterocycles. The van der Waals surface area contributed by atoms with Gasteiger partial charge in [-0.25, -0.2) is 0 Å². The largest absolute Gasteiger partial charge is 0.382 e. The molecular formula is C18H35NNaO4S. The van der Waals surface area contributed by atoms with Crippen LogP contribution in [0.5, 0.6) is 0 Å². The minimum Gasteiger partial charge on any atom is -0.334 e. The second-order valence-corrected chi connectivity index (χ2v) is 7.43. The molecule has 0 spiro atoms. The van der Waals surface area contributed by atoms with E-state index in [-0.39, 0.29) is 36.0 Å². The summed E-state index contributed by atoms with van der Waals surface area (Å²) in [6.45, 7) is 2.24.